The summed E-state index contributed by atoms with van der Waals surface area (Å²) in [6, 6.07) is 12.0. The van der Waals surface area contributed by atoms with Gasteiger partial charge in [-0.1, -0.05) is 37.5 Å². The van der Waals surface area contributed by atoms with Crippen LogP contribution in [0, 0.1) is 6.92 Å². The van der Waals surface area contributed by atoms with Crippen LogP contribution in [0.4, 0.5) is 5.69 Å². The van der Waals surface area contributed by atoms with Crippen molar-refractivity contribution in [3.05, 3.63) is 59.2 Å². The van der Waals surface area contributed by atoms with Gasteiger partial charge in [0.05, 0.1) is 10.6 Å². The van der Waals surface area contributed by atoms with E-state index in [1.54, 1.807) is 36.4 Å². The number of nitrogens with zero attached hydrogens (tertiary/aromatic N) is 1. The van der Waals surface area contributed by atoms with Crippen molar-refractivity contribution >= 4 is 21.6 Å². The van der Waals surface area contributed by atoms with E-state index in [2.05, 4.69) is 12.2 Å². The highest BCUT2D eigenvalue weighted by molar-refractivity contribution is 7.92. The van der Waals surface area contributed by atoms with Gasteiger partial charge in [0.1, 0.15) is 0 Å². The molecule has 2 aromatic carbocycles. The zero-order valence-electron chi connectivity index (χ0n) is 16.7. The summed E-state index contributed by atoms with van der Waals surface area (Å²) in [5, 5.41) is 2.94. The molecular weight excluding hydrogens is 372 g/mol. The first kappa shape index (κ1) is 20.4. The Morgan fingerprint density at radius 3 is 2.54 bits per heavy atom. The number of nitrogens with one attached hydrogen (secondary N) is 1. The number of hydrogen-bond acceptors (Lipinski definition) is 3. The topological polar surface area (TPSA) is 66.5 Å². The van der Waals surface area contributed by atoms with Crippen LogP contribution in [0.1, 0.15) is 54.6 Å². The lowest BCUT2D eigenvalue weighted by molar-refractivity contribution is 0.0953. The maximum atomic E-state index is 13.2. The summed E-state index contributed by atoms with van der Waals surface area (Å²) in [5.74, 6) is -0.105. The maximum absolute atomic E-state index is 13.2. The van der Waals surface area contributed by atoms with Crippen molar-refractivity contribution in [3.8, 4) is 0 Å². The van der Waals surface area contributed by atoms with E-state index in [-0.39, 0.29) is 16.8 Å². The number of sulfonamides is 1. The number of rotatable bonds is 7. The zero-order chi connectivity index (χ0) is 20.3. The van der Waals surface area contributed by atoms with E-state index in [0.717, 1.165) is 30.4 Å². The molecule has 6 heteroatoms. The Balaban J connectivity index is 1.84. The molecule has 1 aliphatic rings. The number of fused-ring (bicyclic) bond motifs is 1. The lowest BCUT2D eigenvalue weighted by Gasteiger charge is -2.24. The van der Waals surface area contributed by atoms with E-state index in [4.69, 9.17) is 0 Å². The Bertz CT molecular complexity index is 952. The molecule has 0 radical (unpaired) electrons. The Kier molecular flexibility index (Phi) is 6.08. The van der Waals surface area contributed by atoms with Gasteiger partial charge < -0.3 is 5.32 Å². The predicted octanol–water partition coefficient (Wildman–Crippen LogP) is 4.05. The van der Waals surface area contributed by atoms with Crippen LogP contribution in [-0.4, -0.2) is 26.9 Å². The number of anilines is 1. The molecule has 3 rings (SSSR count). The number of carbonyl (C=O) groups excluding carboxylic acids is 1. The third-order valence-electron chi connectivity index (χ3n) is 5.14. The molecule has 0 saturated heterocycles. The molecule has 0 aromatic heterocycles. The number of amides is 1. The fraction of sp³-hybridized carbons (Fsp3) is 0.409. The van der Waals surface area contributed by atoms with Crippen molar-refractivity contribution < 1.29 is 13.2 Å². The second-order valence-electron chi connectivity index (χ2n) is 7.47. The third kappa shape index (κ3) is 4.07. The van der Waals surface area contributed by atoms with Crippen LogP contribution in [0.2, 0.25) is 0 Å². The predicted molar refractivity (Wildman–Crippen MR) is 112 cm³/mol. The summed E-state index contributed by atoms with van der Waals surface area (Å²) < 4.78 is 27.9. The highest BCUT2D eigenvalue weighted by Crippen LogP contribution is 2.37. The first-order valence-corrected chi connectivity index (χ1v) is 11.3. The quantitative estimate of drug-likeness (QED) is 0.713. The van der Waals surface area contributed by atoms with Gasteiger partial charge in [-0.25, -0.2) is 8.42 Å². The number of hydrogen-bond donors (Lipinski definition) is 1. The number of benzene rings is 2. The molecule has 5 nitrogen and oxygen atoms in total. The molecule has 1 N–H and O–H groups in total. The van der Waals surface area contributed by atoms with Crippen LogP contribution in [0.3, 0.4) is 0 Å². The highest BCUT2D eigenvalue weighted by Gasteiger charge is 2.36. The Morgan fingerprint density at radius 2 is 1.86 bits per heavy atom. The summed E-state index contributed by atoms with van der Waals surface area (Å²) in [7, 11) is -3.64. The standard InChI is InChI=1S/C22H28N2O3S/c1-4-5-6-13-23-22(25)18-9-12-21-19(15-18)14-17(3)24(21)28(26,27)20-10-7-16(2)8-11-20/h7-12,15,17H,4-6,13-14H2,1-3H3,(H,23,25)/t17-/m1/s1. The largest absolute Gasteiger partial charge is 0.352 e. The van der Waals surface area contributed by atoms with E-state index in [9.17, 15) is 13.2 Å². The smallest absolute Gasteiger partial charge is 0.264 e. The SMILES string of the molecule is CCCCCNC(=O)c1ccc2c(c1)C[C@@H](C)N2S(=O)(=O)c1ccc(C)cc1. The molecule has 0 aliphatic carbocycles. The average Bonchev–Trinajstić information content (AvgIpc) is 3.01. The lowest BCUT2D eigenvalue weighted by atomic mass is 10.1. The molecule has 1 amide bonds. The summed E-state index contributed by atoms with van der Waals surface area (Å²) in [4.78, 5) is 12.7. The maximum Gasteiger partial charge on any atom is 0.264 e. The van der Waals surface area contributed by atoms with Gasteiger partial charge in [0.25, 0.3) is 15.9 Å². The van der Waals surface area contributed by atoms with E-state index in [1.165, 1.54) is 4.31 Å². The van der Waals surface area contributed by atoms with Gasteiger partial charge in [0.15, 0.2) is 0 Å². The van der Waals surface area contributed by atoms with Gasteiger partial charge in [-0.15, -0.1) is 0 Å². The summed E-state index contributed by atoms with van der Waals surface area (Å²) in [6.45, 7) is 6.61. The molecule has 2 aromatic rings. The molecule has 1 aliphatic heterocycles. The van der Waals surface area contributed by atoms with Crippen molar-refractivity contribution in [1.29, 1.82) is 0 Å². The van der Waals surface area contributed by atoms with Crippen LogP contribution in [-0.2, 0) is 16.4 Å². The summed E-state index contributed by atoms with van der Waals surface area (Å²) >= 11 is 0. The van der Waals surface area contributed by atoms with Crippen molar-refractivity contribution in [1.82, 2.24) is 5.32 Å². The molecule has 1 heterocycles. The van der Waals surface area contributed by atoms with Gasteiger partial charge in [-0.05, 0) is 62.6 Å². The molecule has 1 atom stereocenters. The van der Waals surface area contributed by atoms with Gasteiger partial charge in [-0.3, -0.25) is 9.10 Å². The first-order valence-electron chi connectivity index (χ1n) is 9.87. The Labute approximate surface area is 167 Å². The fourth-order valence-corrected chi connectivity index (χ4v) is 5.31. The summed E-state index contributed by atoms with van der Waals surface area (Å²) in [6.07, 6.45) is 3.76. The lowest BCUT2D eigenvalue weighted by Crippen LogP contribution is -2.35. The van der Waals surface area contributed by atoms with Crippen molar-refractivity contribution in [3.63, 3.8) is 0 Å². The average molecular weight is 401 g/mol. The van der Waals surface area contributed by atoms with Gasteiger partial charge in [0.2, 0.25) is 0 Å². The molecule has 150 valence electrons. The minimum absolute atomic E-state index is 0.105. The molecule has 28 heavy (non-hydrogen) atoms. The van der Waals surface area contributed by atoms with E-state index >= 15 is 0 Å². The molecule has 0 unspecified atom stereocenters. The van der Waals surface area contributed by atoms with Crippen molar-refractivity contribution in [2.24, 2.45) is 0 Å². The second kappa shape index (κ2) is 8.35. The molecule has 0 spiro atoms. The minimum atomic E-state index is -3.64. The Morgan fingerprint density at radius 1 is 1.14 bits per heavy atom. The third-order valence-corrected chi connectivity index (χ3v) is 7.08. The monoisotopic (exact) mass is 400 g/mol. The van der Waals surface area contributed by atoms with Crippen molar-refractivity contribution in [2.75, 3.05) is 10.8 Å². The zero-order valence-corrected chi connectivity index (χ0v) is 17.6. The van der Waals surface area contributed by atoms with Gasteiger partial charge >= 0.3 is 0 Å². The number of aryl methyl sites for hydroxylation is 1. The second-order valence-corrected chi connectivity index (χ2v) is 9.29. The molecule has 0 saturated carbocycles. The number of unbranched alkanes of at least 4 members (excludes halogenated alkanes) is 2. The first-order chi connectivity index (χ1) is 13.3. The molecular formula is C22H28N2O3S. The minimum Gasteiger partial charge on any atom is -0.352 e. The molecule has 0 fully saturated rings. The fourth-order valence-electron chi connectivity index (χ4n) is 3.61. The van der Waals surface area contributed by atoms with Crippen LogP contribution in [0.15, 0.2) is 47.4 Å². The van der Waals surface area contributed by atoms with E-state index in [0.29, 0.717) is 24.2 Å². The van der Waals surface area contributed by atoms with E-state index < -0.39 is 10.0 Å². The summed E-state index contributed by atoms with van der Waals surface area (Å²) in [5.41, 5.74) is 3.15. The van der Waals surface area contributed by atoms with Gasteiger partial charge in [-0.2, -0.15) is 0 Å². The van der Waals surface area contributed by atoms with Crippen LogP contribution >= 0.6 is 0 Å². The van der Waals surface area contributed by atoms with Crippen LogP contribution in [0.5, 0.6) is 0 Å². The van der Waals surface area contributed by atoms with Crippen LogP contribution < -0.4 is 9.62 Å². The molecule has 0 bridgehead atoms. The Hall–Kier alpha value is -2.34. The number of carbonyl (C=O) groups is 1. The van der Waals surface area contributed by atoms with E-state index in [1.807, 2.05) is 19.9 Å². The normalized spacial score (nSPS) is 16.1. The highest BCUT2D eigenvalue weighted by atomic mass is 32.2. The van der Waals surface area contributed by atoms with Gasteiger partial charge in [0, 0.05) is 18.2 Å². The van der Waals surface area contributed by atoms with Crippen molar-refractivity contribution in [2.45, 2.75) is 57.4 Å². The van der Waals surface area contributed by atoms with Crippen LogP contribution in [0.25, 0.3) is 0 Å².